The van der Waals surface area contributed by atoms with Gasteiger partial charge in [-0.05, 0) is 29.2 Å². The maximum Gasteiger partial charge on any atom is 0.241 e. The smallest absolute Gasteiger partial charge is 0.241 e. The van der Waals surface area contributed by atoms with Gasteiger partial charge in [-0.15, -0.1) is 0 Å². The van der Waals surface area contributed by atoms with Crippen LogP contribution in [0.15, 0.2) is 54.6 Å². The number of amides is 1. The van der Waals surface area contributed by atoms with Gasteiger partial charge in [-0.3, -0.25) is 4.79 Å². The lowest BCUT2D eigenvalue weighted by Crippen LogP contribution is -2.25. The molecule has 2 aromatic carbocycles. The highest BCUT2D eigenvalue weighted by Gasteiger charge is 2.21. The van der Waals surface area contributed by atoms with Crippen molar-refractivity contribution in [3.05, 3.63) is 54.6 Å². The Balaban J connectivity index is 2.10. The van der Waals surface area contributed by atoms with Crippen molar-refractivity contribution in [3.63, 3.8) is 0 Å². The molecule has 1 N–H and O–H groups in total. The van der Waals surface area contributed by atoms with Gasteiger partial charge in [-0.1, -0.05) is 56.3 Å². The summed E-state index contributed by atoms with van der Waals surface area (Å²) in [7, 11) is 0. The van der Waals surface area contributed by atoms with Crippen LogP contribution >= 0.6 is 0 Å². The number of nitriles is 1. The number of hydrogen-bond donors (Lipinski definition) is 1. The molecule has 0 fully saturated rings. The minimum absolute atomic E-state index is 0.00130. The molecule has 0 heterocycles. The van der Waals surface area contributed by atoms with E-state index in [2.05, 4.69) is 5.32 Å². The largest absolute Gasteiger partial charge is 0.325 e. The van der Waals surface area contributed by atoms with E-state index in [0.29, 0.717) is 5.69 Å². The summed E-state index contributed by atoms with van der Waals surface area (Å²) in [6.45, 7) is 3.73. The molecule has 0 aliphatic rings. The first-order chi connectivity index (χ1) is 10.1. The van der Waals surface area contributed by atoms with Gasteiger partial charge in [0.25, 0.3) is 0 Å². The van der Waals surface area contributed by atoms with Gasteiger partial charge in [-0.2, -0.15) is 5.26 Å². The van der Waals surface area contributed by atoms with Crippen LogP contribution in [0.5, 0.6) is 0 Å². The third-order valence-electron chi connectivity index (χ3n) is 3.35. The Labute approximate surface area is 125 Å². The van der Waals surface area contributed by atoms with E-state index in [1.165, 1.54) is 0 Å². The lowest BCUT2D eigenvalue weighted by atomic mass is 9.96. The Hall–Kier alpha value is -2.60. The highest BCUT2D eigenvalue weighted by Crippen LogP contribution is 2.21. The Bertz CT molecular complexity index is 639. The van der Waals surface area contributed by atoms with Gasteiger partial charge in [0.05, 0.1) is 6.07 Å². The number of carbonyl (C=O) groups excluding carboxylic acids is 1. The van der Waals surface area contributed by atoms with Gasteiger partial charge in [0.2, 0.25) is 5.91 Å². The molecule has 1 amide bonds. The highest BCUT2D eigenvalue weighted by atomic mass is 16.1. The topological polar surface area (TPSA) is 52.9 Å². The summed E-state index contributed by atoms with van der Waals surface area (Å²) in [4.78, 5) is 12.0. The molecule has 0 spiro atoms. The number of hydrogen-bond acceptors (Lipinski definition) is 2. The van der Waals surface area contributed by atoms with Crippen LogP contribution in [0.25, 0.3) is 11.1 Å². The van der Waals surface area contributed by atoms with Crippen LogP contribution in [-0.2, 0) is 4.79 Å². The van der Waals surface area contributed by atoms with Crippen molar-refractivity contribution in [1.29, 1.82) is 5.26 Å². The molecule has 0 aliphatic heterocycles. The van der Waals surface area contributed by atoms with E-state index in [-0.39, 0.29) is 11.8 Å². The molecule has 3 heteroatoms. The molecule has 0 saturated carbocycles. The van der Waals surface area contributed by atoms with Crippen molar-refractivity contribution < 1.29 is 4.79 Å². The third kappa shape index (κ3) is 3.70. The molecule has 1 atom stereocenters. The number of nitrogens with one attached hydrogen (secondary N) is 1. The molecular weight excluding hydrogens is 260 g/mol. The second-order valence-corrected chi connectivity index (χ2v) is 5.28. The molecule has 0 aliphatic carbocycles. The van der Waals surface area contributed by atoms with Gasteiger partial charge in [0.15, 0.2) is 0 Å². The lowest BCUT2D eigenvalue weighted by Gasteiger charge is -2.13. The van der Waals surface area contributed by atoms with Gasteiger partial charge in [0.1, 0.15) is 5.92 Å². The van der Waals surface area contributed by atoms with E-state index >= 15 is 0 Å². The molecule has 2 rings (SSSR count). The van der Waals surface area contributed by atoms with E-state index in [4.69, 9.17) is 5.26 Å². The van der Waals surface area contributed by atoms with E-state index in [1.54, 1.807) is 0 Å². The Morgan fingerprint density at radius 3 is 2.10 bits per heavy atom. The Kier molecular flexibility index (Phi) is 4.73. The van der Waals surface area contributed by atoms with Gasteiger partial charge in [0, 0.05) is 5.69 Å². The molecule has 0 radical (unpaired) electrons. The fourth-order valence-corrected chi connectivity index (χ4v) is 2.11. The molecule has 106 valence electrons. The minimum Gasteiger partial charge on any atom is -0.325 e. The van der Waals surface area contributed by atoms with Crippen molar-refractivity contribution in [3.8, 4) is 17.2 Å². The van der Waals surface area contributed by atoms with Crippen molar-refractivity contribution in [2.45, 2.75) is 13.8 Å². The SMILES string of the molecule is CC(C)C(C#N)C(=O)Nc1ccc(-c2ccccc2)cc1. The Morgan fingerprint density at radius 2 is 1.57 bits per heavy atom. The van der Waals surface area contributed by atoms with Crippen LogP contribution < -0.4 is 5.32 Å². The standard InChI is InChI=1S/C18H18N2O/c1-13(2)17(12-19)18(21)20-16-10-8-15(9-11-16)14-6-4-3-5-7-14/h3-11,13,17H,1-2H3,(H,20,21). The number of benzene rings is 2. The minimum atomic E-state index is -0.626. The van der Waals surface area contributed by atoms with Crippen LogP contribution in [0.2, 0.25) is 0 Å². The maximum atomic E-state index is 12.0. The fourth-order valence-electron chi connectivity index (χ4n) is 2.11. The summed E-state index contributed by atoms with van der Waals surface area (Å²) >= 11 is 0. The second kappa shape index (κ2) is 6.71. The van der Waals surface area contributed by atoms with Crippen LogP contribution in [0.3, 0.4) is 0 Å². The predicted molar refractivity (Wildman–Crippen MR) is 84.4 cm³/mol. The number of carbonyl (C=O) groups is 1. The van der Waals surface area contributed by atoms with Gasteiger partial charge >= 0.3 is 0 Å². The number of nitrogens with zero attached hydrogens (tertiary/aromatic N) is 1. The molecule has 2 aromatic rings. The van der Waals surface area contributed by atoms with E-state index in [1.807, 2.05) is 74.5 Å². The molecular formula is C18H18N2O. The van der Waals surface area contributed by atoms with Crippen LogP contribution in [-0.4, -0.2) is 5.91 Å². The zero-order valence-electron chi connectivity index (χ0n) is 12.2. The number of rotatable bonds is 4. The summed E-state index contributed by atoms with van der Waals surface area (Å²) in [6.07, 6.45) is 0. The summed E-state index contributed by atoms with van der Waals surface area (Å²) in [5.74, 6) is -0.877. The first-order valence-corrected chi connectivity index (χ1v) is 6.98. The zero-order valence-corrected chi connectivity index (χ0v) is 12.2. The maximum absolute atomic E-state index is 12.0. The normalized spacial score (nSPS) is 11.7. The molecule has 0 saturated heterocycles. The van der Waals surface area contributed by atoms with Crippen LogP contribution in [0.1, 0.15) is 13.8 Å². The average molecular weight is 278 g/mol. The first-order valence-electron chi connectivity index (χ1n) is 6.98. The van der Waals surface area contributed by atoms with Crippen LogP contribution in [0, 0.1) is 23.2 Å². The monoisotopic (exact) mass is 278 g/mol. The van der Waals surface area contributed by atoms with Crippen molar-refractivity contribution in [2.24, 2.45) is 11.8 Å². The number of anilines is 1. The fraction of sp³-hybridized carbons (Fsp3) is 0.222. The molecule has 1 unspecified atom stereocenters. The third-order valence-corrected chi connectivity index (χ3v) is 3.35. The van der Waals surface area contributed by atoms with E-state index < -0.39 is 5.92 Å². The van der Waals surface area contributed by atoms with E-state index in [9.17, 15) is 4.79 Å². The zero-order chi connectivity index (χ0) is 15.2. The molecule has 3 nitrogen and oxygen atoms in total. The van der Waals surface area contributed by atoms with Crippen LogP contribution in [0.4, 0.5) is 5.69 Å². The molecule has 21 heavy (non-hydrogen) atoms. The van der Waals surface area contributed by atoms with Crippen molar-refractivity contribution >= 4 is 11.6 Å². The predicted octanol–water partition coefficient (Wildman–Crippen LogP) is 4.09. The quantitative estimate of drug-likeness (QED) is 0.915. The summed E-state index contributed by atoms with van der Waals surface area (Å²) in [5, 5.41) is 11.8. The van der Waals surface area contributed by atoms with Crippen molar-refractivity contribution in [1.82, 2.24) is 0 Å². The van der Waals surface area contributed by atoms with Crippen molar-refractivity contribution in [2.75, 3.05) is 5.32 Å². The molecule has 0 bridgehead atoms. The summed E-state index contributed by atoms with van der Waals surface area (Å²) in [6, 6.07) is 19.7. The second-order valence-electron chi connectivity index (χ2n) is 5.28. The average Bonchev–Trinajstić information content (AvgIpc) is 2.49. The molecule has 0 aromatic heterocycles. The van der Waals surface area contributed by atoms with E-state index in [0.717, 1.165) is 11.1 Å². The van der Waals surface area contributed by atoms with Gasteiger partial charge in [-0.25, -0.2) is 0 Å². The summed E-state index contributed by atoms with van der Waals surface area (Å²) in [5.41, 5.74) is 2.93. The highest BCUT2D eigenvalue weighted by molar-refractivity contribution is 5.94. The lowest BCUT2D eigenvalue weighted by molar-refractivity contribution is -0.119. The first kappa shape index (κ1) is 14.8. The van der Waals surface area contributed by atoms with Gasteiger partial charge < -0.3 is 5.32 Å². The Morgan fingerprint density at radius 1 is 1.00 bits per heavy atom. The summed E-state index contributed by atoms with van der Waals surface area (Å²) < 4.78 is 0.